The van der Waals surface area contributed by atoms with Gasteiger partial charge in [-0.2, -0.15) is 0 Å². The maximum Gasteiger partial charge on any atom is 0.338 e. The average molecular weight is 422 g/mol. The predicted octanol–water partition coefficient (Wildman–Crippen LogP) is 2.55. The van der Waals surface area contributed by atoms with E-state index in [1.807, 2.05) is 0 Å². The highest BCUT2D eigenvalue weighted by Gasteiger charge is 2.22. The number of nitrogens with one attached hydrogen (secondary N) is 2. The van der Waals surface area contributed by atoms with Crippen LogP contribution < -0.4 is 10.0 Å². The summed E-state index contributed by atoms with van der Waals surface area (Å²) in [6.07, 6.45) is -1.11. The van der Waals surface area contributed by atoms with E-state index in [9.17, 15) is 22.4 Å². The highest BCUT2D eigenvalue weighted by atomic mass is 32.2. The van der Waals surface area contributed by atoms with E-state index in [1.165, 1.54) is 43.3 Å². The molecule has 0 aromatic heterocycles. The van der Waals surface area contributed by atoms with Gasteiger partial charge in [0.15, 0.2) is 6.10 Å². The van der Waals surface area contributed by atoms with Crippen LogP contribution in [0.4, 0.5) is 4.39 Å². The third-order valence-electron chi connectivity index (χ3n) is 4.10. The first-order valence-corrected chi connectivity index (χ1v) is 10.5. The van der Waals surface area contributed by atoms with Crippen LogP contribution >= 0.6 is 0 Å². The molecule has 2 N–H and O–H groups in total. The first-order valence-electron chi connectivity index (χ1n) is 9.00. The van der Waals surface area contributed by atoms with E-state index in [0.29, 0.717) is 5.56 Å². The van der Waals surface area contributed by atoms with Gasteiger partial charge in [-0.1, -0.05) is 25.1 Å². The minimum absolute atomic E-state index is 0.00945. The van der Waals surface area contributed by atoms with Gasteiger partial charge >= 0.3 is 5.97 Å². The van der Waals surface area contributed by atoms with E-state index in [4.69, 9.17) is 4.74 Å². The second-order valence-corrected chi connectivity index (χ2v) is 8.13. The van der Waals surface area contributed by atoms with Gasteiger partial charge in [-0.05, 0) is 49.7 Å². The summed E-state index contributed by atoms with van der Waals surface area (Å²) in [7, 11) is -3.72. The minimum atomic E-state index is -3.72. The number of rotatable bonds is 8. The normalized spacial score (nSPS) is 13.4. The molecule has 0 aliphatic rings. The van der Waals surface area contributed by atoms with Crippen LogP contribution in [0, 0.1) is 5.82 Å². The Labute approximate surface area is 169 Å². The van der Waals surface area contributed by atoms with Crippen LogP contribution in [0.2, 0.25) is 0 Å². The lowest BCUT2D eigenvalue weighted by Gasteiger charge is -2.18. The minimum Gasteiger partial charge on any atom is -0.449 e. The third kappa shape index (κ3) is 6.10. The lowest BCUT2D eigenvalue weighted by Crippen LogP contribution is -2.37. The highest BCUT2D eigenvalue weighted by molar-refractivity contribution is 7.89. The van der Waals surface area contributed by atoms with Gasteiger partial charge in [0.2, 0.25) is 10.0 Å². The molecule has 0 bridgehead atoms. The second kappa shape index (κ2) is 9.62. The lowest BCUT2D eigenvalue weighted by atomic mass is 10.1. The molecule has 2 aromatic rings. The Bertz CT molecular complexity index is 977. The molecule has 9 heteroatoms. The summed E-state index contributed by atoms with van der Waals surface area (Å²) in [6, 6.07) is 10.6. The Balaban J connectivity index is 2.02. The zero-order valence-electron chi connectivity index (χ0n) is 16.3. The molecule has 0 aliphatic carbocycles. The summed E-state index contributed by atoms with van der Waals surface area (Å²) in [5.41, 5.74) is 0.704. The fourth-order valence-corrected chi connectivity index (χ4v) is 3.60. The Hall–Kier alpha value is -2.78. The predicted molar refractivity (Wildman–Crippen MR) is 105 cm³/mol. The Kier molecular flexibility index (Phi) is 7.46. The molecule has 0 saturated heterocycles. The SMILES string of the molecule is CCNS(=O)(=O)c1cccc(C(=O)OC(C)C(=O)NC(C)c2ccc(F)cc2)c1. The summed E-state index contributed by atoms with van der Waals surface area (Å²) < 4.78 is 44.6. The van der Waals surface area contributed by atoms with E-state index in [1.54, 1.807) is 26.0 Å². The molecule has 156 valence electrons. The summed E-state index contributed by atoms with van der Waals surface area (Å²) in [5, 5.41) is 2.68. The van der Waals surface area contributed by atoms with Crippen molar-refractivity contribution in [1.29, 1.82) is 0 Å². The maximum absolute atomic E-state index is 13.0. The molecule has 0 fully saturated rings. The fraction of sp³-hybridized carbons (Fsp3) is 0.300. The summed E-state index contributed by atoms with van der Waals surface area (Å²) >= 11 is 0. The second-order valence-electron chi connectivity index (χ2n) is 6.36. The molecule has 2 atom stereocenters. The van der Waals surface area contributed by atoms with Crippen molar-refractivity contribution in [3.05, 3.63) is 65.5 Å². The molecular formula is C20H23FN2O5S. The van der Waals surface area contributed by atoms with E-state index in [0.717, 1.165) is 0 Å². The molecule has 2 rings (SSSR count). The monoisotopic (exact) mass is 422 g/mol. The van der Waals surface area contributed by atoms with E-state index >= 15 is 0 Å². The molecule has 0 heterocycles. The molecule has 1 amide bonds. The molecule has 2 aromatic carbocycles. The van der Waals surface area contributed by atoms with Crippen molar-refractivity contribution >= 4 is 21.9 Å². The van der Waals surface area contributed by atoms with Crippen molar-refractivity contribution in [2.75, 3.05) is 6.54 Å². The molecule has 0 radical (unpaired) electrons. The lowest BCUT2D eigenvalue weighted by molar-refractivity contribution is -0.129. The van der Waals surface area contributed by atoms with Gasteiger partial charge in [0.05, 0.1) is 16.5 Å². The summed E-state index contributed by atoms with van der Waals surface area (Å²) in [6.45, 7) is 4.97. The number of carbonyl (C=O) groups is 2. The number of sulfonamides is 1. The molecule has 0 saturated carbocycles. The number of halogens is 1. The molecule has 7 nitrogen and oxygen atoms in total. The zero-order valence-corrected chi connectivity index (χ0v) is 17.1. The van der Waals surface area contributed by atoms with Gasteiger partial charge in [-0.25, -0.2) is 22.3 Å². The first-order chi connectivity index (χ1) is 13.6. The fourth-order valence-electron chi connectivity index (χ4n) is 2.51. The number of carbonyl (C=O) groups excluding carboxylic acids is 2. The van der Waals surface area contributed by atoms with Crippen molar-refractivity contribution < 1.29 is 27.1 Å². The van der Waals surface area contributed by atoms with Gasteiger partial charge in [0, 0.05) is 6.54 Å². The Morgan fingerprint density at radius 2 is 1.76 bits per heavy atom. The van der Waals surface area contributed by atoms with E-state index in [2.05, 4.69) is 10.0 Å². The third-order valence-corrected chi connectivity index (χ3v) is 5.64. The van der Waals surface area contributed by atoms with Gasteiger partial charge < -0.3 is 10.1 Å². The van der Waals surface area contributed by atoms with Crippen molar-refractivity contribution in [2.24, 2.45) is 0 Å². The highest BCUT2D eigenvalue weighted by Crippen LogP contribution is 2.15. The Morgan fingerprint density at radius 3 is 2.38 bits per heavy atom. The number of esters is 1. The van der Waals surface area contributed by atoms with Crippen molar-refractivity contribution in [3.8, 4) is 0 Å². The Morgan fingerprint density at radius 1 is 1.10 bits per heavy atom. The number of ether oxygens (including phenoxy) is 1. The van der Waals surface area contributed by atoms with Gasteiger partial charge in [-0.15, -0.1) is 0 Å². The molecular weight excluding hydrogens is 399 g/mol. The molecule has 0 aliphatic heterocycles. The number of hydrogen-bond donors (Lipinski definition) is 2. The largest absolute Gasteiger partial charge is 0.449 e. The standard InChI is InChI=1S/C20H23FN2O5S/c1-4-22-29(26,27)18-7-5-6-16(12-18)20(25)28-14(3)19(24)23-13(2)15-8-10-17(21)11-9-15/h5-14,22H,4H2,1-3H3,(H,23,24). The zero-order chi connectivity index (χ0) is 21.6. The quantitative estimate of drug-likeness (QED) is 0.637. The summed E-state index contributed by atoms with van der Waals surface area (Å²) in [4.78, 5) is 24.6. The molecule has 29 heavy (non-hydrogen) atoms. The number of hydrogen-bond acceptors (Lipinski definition) is 5. The summed E-state index contributed by atoms with van der Waals surface area (Å²) in [5.74, 6) is -1.74. The number of benzene rings is 2. The average Bonchev–Trinajstić information content (AvgIpc) is 2.68. The molecule has 0 spiro atoms. The van der Waals surface area contributed by atoms with Crippen LogP contribution in [0.5, 0.6) is 0 Å². The van der Waals surface area contributed by atoms with Crippen molar-refractivity contribution in [2.45, 2.75) is 37.8 Å². The maximum atomic E-state index is 13.0. The van der Waals surface area contributed by atoms with Crippen LogP contribution in [-0.4, -0.2) is 32.9 Å². The first kappa shape index (κ1) is 22.5. The van der Waals surface area contributed by atoms with Gasteiger partial charge in [0.25, 0.3) is 5.91 Å². The van der Waals surface area contributed by atoms with Crippen LogP contribution in [-0.2, 0) is 19.6 Å². The van der Waals surface area contributed by atoms with Crippen LogP contribution in [0.1, 0.15) is 42.7 Å². The van der Waals surface area contributed by atoms with Crippen molar-refractivity contribution in [3.63, 3.8) is 0 Å². The van der Waals surface area contributed by atoms with E-state index < -0.39 is 34.0 Å². The van der Waals surface area contributed by atoms with Crippen LogP contribution in [0.3, 0.4) is 0 Å². The smallest absolute Gasteiger partial charge is 0.338 e. The molecule has 2 unspecified atom stereocenters. The van der Waals surface area contributed by atoms with Crippen LogP contribution in [0.25, 0.3) is 0 Å². The van der Waals surface area contributed by atoms with Gasteiger partial charge in [-0.3, -0.25) is 4.79 Å². The number of amides is 1. The van der Waals surface area contributed by atoms with Crippen LogP contribution in [0.15, 0.2) is 53.4 Å². The van der Waals surface area contributed by atoms with Crippen molar-refractivity contribution in [1.82, 2.24) is 10.0 Å². The topological polar surface area (TPSA) is 102 Å². The van der Waals surface area contributed by atoms with Gasteiger partial charge in [0.1, 0.15) is 5.82 Å². The van der Waals surface area contributed by atoms with E-state index in [-0.39, 0.29) is 22.8 Å².